The highest BCUT2D eigenvalue weighted by atomic mass is 16.1. The predicted octanol–water partition coefficient (Wildman–Crippen LogP) is 2.75. The quantitative estimate of drug-likeness (QED) is 0.631. The van der Waals surface area contributed by atoms with Crippen LogP contribution >= 0.6 is 0 Å². The molecule has 0 aromatic carbocycles. The Morgan fingerprint density at radius 1 is 0.944 bits per heavy atom. The van der Waals surface area contributed by atoms with Gasteiger partial charge in [-0.25, -0.2) is 0 Å². The molecule has 0 aromatic rings. The summed E-state index contributed by atoms with van der Waals surface area (Å²) >= 11 is 0. The molecule has 0 rings (SSSR count). The molecule has 0 saturated carbocycles. The molecule has 0 aliphatic rings. The van der Waals surface area contributed by atoms with Crippen LogP contribution < -0.4 is 10.6 Å². The van der Waals surface area contributed by atoms with E-state index in [1.54, 1.807) is 0 Å². The molecule has 0 aliphatic heterocycles. The lowest BCUT2D eigenvalue weighted by Crippen LogP contribution is -2.38. The number of hydrogen-bond donors (Lipinski definition) is 2. The minimum atomic E-state index is 0.165. The number of carbonyl (C=O) groups excluding carboxylic acids is 1. The molecule has 0 fully saturated rings. The molecule has 3 heteroatoms. The van der Waals surface area contributed by atoms with Crippen molar-refractivity contribution in [3.8, 4) is 0 Å². The molecule has 2 N–H and O–H groups in total. The summed E-state index contributed by atoms with van der Waals surface area (Å²) < 4.78 is 0. The van der Waals surface area contributed by atoms with Crippen LogP contribution in [0.1, 0.15) is 60.8 Å². The molecule has 0 aromatic heterocycles. The van der Waals surface area contributed by atoms with Crippen LogP contribution in [-0.4, -0.2) is 30.5 Å². The molecule has 0 amide bonds. The predicted molar refractivity (Wildman–Crippen MR) is 78.9 cm³/mol. The highest BCUT2D eigenvalue weighted by Crippen LogP contribution is 2.08. The summed E-state index contributed by atoms with van der Waals surface area (Å²) in [6.07, 6.45) is 2.74. The summed E-state index contributed by atoms with van der Waals surface area (Å²) in [7, 11) is 0. The molecule has 0 aliphatic carbocycles. The molecule has 0 unspecified atom stereocenters. The van der Waals surface area contributed by atoms with Gasteiger partial charge in [-0.15, -0.1) is 0 Å². The summed E-state index contributed by atoms with van der Waals surface area (Å²) in [4.78, 5) is 11.7. The molecule has 0 heterocycles. The summed E-state index contributed by atoms with van der Waals surface area (Å²) in [6, 6.07) is 1.45. The van der Waals surface area contributed by atoms with E-state index in [0.29, 0.717) is 30.3 Å². The van der Waals surface area contributed by atoms with Crippen molar-refractivity contribution in [2.45, 2.75) is 78.9 Å². The average molecular weight is 256 g/mol. The van der Waals surface area contributed by atoms with Gasteiger partial charge in [0.25, 0.3) is 0 Å². The van der Waals surface area contributed by atoms with Crippen LogP contribution in [0.2, 0.25) is 0 Å². The molecule has 108 valence electrons. The zero-order valence-corrected chi connectivity index (χ0v) is 13.0. The van der Waals surface area contributed by atoms with E-state index in [2.05, 4.69) is 38.3 Å². The Hall–Kier alpha value is -0.410. The fourth-order valence-electron chi connectivity index (χ4n) is 1.93. The molecule has 0 spiro atoms. The van der Waals surface area contributed by atoms with Crippen molar-refractivity contribution in [2.75, 3.05) is 6.54 Å². The fraction of sp³-hybridized carbons (Fsp3) is 0.933. The van der Waals surface area contributed by atoms with Crippen molar-refractivity contribution in [1.29, 1.82) is 0 Å². The van der Waals surface area contributed by atoms with Gasteiger partial charge in [-0.05, 0) is 19.4 Å². The summed E-state index contributed by atoms with van der Waals surface area (Å²) in [5.41, 5.74) is 0. The van der Waals surface area contributed by atoms with Gasteiger partial charge in [-0.2, -0.15) is 0 Å². The highest BCUT2D eigenvalue weighted by molar-refractivity contribution is 5.80. The second-order valence-corrected chi connectivity index (χ2v) is 6.08. The van der Waals surface area contributed by atoms with Crippen LogP contribution in [0.4, 0.5) is 0 Å². The number of hydrogen-bond acceptors (Lipinski definition) is 3. The zero-order chi connectivity index (χ0) is 14.1. The molecule has 3 nitrogen and oxygen atoms in total. The van der Waals surface area contributed by atoms with E-state index in [9.17, 15) is 4.79 Å². The van der Waals surface area contributed by atoms with Crippen LogP contribution in [-0.2, 0) is 4.79 Å². The zero-order valence-electron chi connectivity index (χ0n) is 13.0. The van der Waals surface area contributed by atoms with Gasteiger partial charge in [0.05, 0.1) is 0 Å². The van der Waals surface area contributed by atoms with Crippen LogP contribution in [0.5, 0.6) is 0 Å². The third-order valence-corrected chi connectivity index (χ3v) is 3.00. The first-order chi connectivity index (χ1) is 8.32. The van der Waals surface area contributed by atoms with Crippen molar-refractivity contribution in [3.63, 3.8) is 0 Å². The fourth-order valence-corrected chi connectivity index (χ4v) is 1.93. The number of nitrogens with one attached hydrogen (secondary N) is 2. The van der Waals surface area contributed by atoms with Crippen LogP contribution in [0.15, 0.2) is 0 Å². The van der Waals surface area contributed by atoms with Gasteiger partial charge in [0.15, 0.2) is 0 Å². The van der Waals surface area contributed by atoms with E-state index in [4.69, 9.17) is 0 Å². The molecule has 18 heavy (non-hydrogen) atoms. The lowest BCUT2D eigenvalue weighted by Gasteiger charge is -2.22. The third kappa shape index (κ3) is 9.60. The van der Waals surface area contributed by atoms with E-state index in [1.807, 2.05) is 13.8 Å². The Labute approximate surface area is 113 Å². The maximum Gasteiger partial charge on any atom is 0.135 e. The lowest BCUT2D eigenvalue weighted by molar-refractivity contribution is -0.122. The molecular formula is C15H32N2O. The average Bonchev–Trinajstić information content (AvgIpc) is 2.23. The lowest BCUT2D eigenvalue weighted by atomic mass is 9.99. The maximum absolute atomic E-state index is 11.7. The highest BCUT2D eigenvalue weighted by Gasteiger charge is 2.14. The van der Waals surface area contributed by atoms with E-state index in [1.165, 1.54) is 0 Å². The number of Topliss-reactive ketones (excluding diaryl/α,β-unsaturated/α-hetero) is 1. The van der Waals surface area contributed by atoms with Gasteiger partial charge in [0.2, 0.25) is 0 Å². The molecule has 0 radical (unpaired) electrons. The van der Waals surface area contributed by atoms with Crippen LogP contribution in [0.3, 0.4) is 0 Å². The van der Waals surface area contributed by atoms with E-state index in [0.717, 1.165) is 19.4 Å². The number of carbonyl (C=O) groups is 1. The first kappa shape index (κ1) is 17.6. The summed E-state index contributed by atoms with van der Waals surface area (Å²) in [5.74, 6) is 0.542. The second-order valence-electron chi connectivity index (χ2n) is 6.08. The van der Waals surface area contributed by atoms with Gasteiger partial charge >= 0.3 is 0 Å². The summed E-state index contributed by atoms with van der Waals surface area (Å²) in [6.45, 7) is 13.6. The first-order valence-corrected chi connectivity index (χ1v) is 7.35. The number of ketones is 1. The molecule has 0 bridgehead atoms. The topological polar surface area (TPSA) is 41.1 Å². The Kier molecular flexibility index (Phi) is 9.29. The van der Waals surface area contributed by atoms with E-state index in [-0.39, 0.29) is 5.92 Å². The molecule has 0 saturated heterocycles. The maximum atomic E-state index is 11.7. The third-order valence-electron chi connectivity index (χ3n) is 3.00. The SMILES string of the molecule is CC(C)NCC[C@H](CCC(=O)C(C)C)NC(C)C. The first-order valence-electron chi connectivity index (χ1n) is 7.35. The van der Waals surface area contributed by atoms with Gasteiger partial charge < -0.3 is 10.6 Å². The smallest absolute Gasteiger partial charge is 0.135 e. The number of rotatable bonds is 10. The van der Waals surface area contributed by atoms with Crippen molar-refractivity contribution in [3.05, 3.63) is 0 Å². The van der Waals surface area contributed by atoms with Crippen molar-refractivity contribution in [2.24, 2.45) is 5.92 Å². The second kappa shape index (κ2) is 9.51. The molecular weight excluding hydrogens is 224 g/mol. The standard InChI is InChI=1S/C15H32N2O/c1-11(2)15(18)8-7-14(17-13(5)6)9-10-16-12(3)4/h11-14,16-17H,7-10H2,1-6H3/t14-/m0/s1. The van der Waals surface area contributed by atoms with Gasteiger partial charge in [0.1, 0.15) is 5.78 Å². The van der Waals surface area contributed by atoms with Gasteiger partial charge in [0, 0.05) is 30.5 Å². The van der Waals surface area contributed by atoms with Crippen LogP contribution in [0, 0.1) is 5.92 Å². The normalized spacial score (nSPS) is 13.6. The van der Waals surface area contributed by atoms with E-state index >= 15 is 0 Å². The Bertz CT molecular complexity index is 225. The van der Waals surface area contributed by atoms with Crippen LogP contribution in [0.25, 0.3) is 0 Å². The van der Waals surface area contributed by atoms with Gasteiger partial charge in [-0.3, -0.25) is 4.79 Å². The van der Waals surface area contributed by atoms with Crippen molar-refractivity contribution >= 4 is 5.78 Å². The minimum absolute atomic E-state index is 0.165. The van der Waals surface area contributed by atoms with Gasteiger partial charge in [-0.1, -0.05) is 41.5 Å². The van der Waals surface area contributed by atoms with Crippen molar-refractivity contribution in [1.82, 2.24) is 10.6 Å². The minimum Gasteiger partial charge on any atom is -0.314 e. The monoisotopic (exact) mass is 256 g/mol. The Morgan fingerprint density at radius 3 is 2.00 bits per heavy atom. The molecule has 1 atom stereocenters. The summed E-state index contributed by atoms with van der Waals surface area (Å²) in [5, 5.41) is 6.99. The van der Waals surface area contributed by atoms with Crippen molar-refractivity contribution < 1.29 is 4.79 Å². The van der Waals surface area contributed by atoms with E-state index < -0.39 is 0 Å². The largest absolute Gasteiger partial charge is 0.314 e. The Balaban J connectivity index is 4.02. The Morgan fingerprint density at radius 2 is 1.56 bits per heavy atom.